The van der Waals surface area contributed by atoms with Crippen LogP contribution >= 0.6 is 0 Å². The zero-order valence-electron chi connectivity index (χ0n) is 9.29. The number of nitrogens with zero attached hydrogens (tertiary/aromatic N) is 2. The number of hydrogen-bond acceptors (Lipinski definition) is 5. The highest BCUT2D eigenvalue weighted by molar-refractivity contribution is 5.70. The second kappa shape index (κ2) is 3.30. The first-order valence-corrected chi connectivity index (χ1v) is 5.61. The summed E-state index contributed by atoms with van der Waals surface area (Å²) in [5, 5.41) is 0. The monoisotopic (exact) mass is 234 g/mol. The maximum atomic E-state index is 11.7. The quantitative estimate of drug-likeness (QED) is 0.562. The minimum atomic E-state index is -0.294. The van der Waals surface area contributed by atoms with Gasteiger partial charge in [0.25, 0.3) is 5.56 Å². The van der Waals surface area contributed by atoms with E-state index in [0.29, 0.717) is 17.7 Å². The standard InChI is InChI=1S/C10H14N6O/c11-4-10(2-1-3-10)8-13-5-6(14-8)15-9(12)16-7(5)17/h1-4,11H2,(H4,12,13,14,15,16,17). The second-order valence-corrected chi connectivity index (χ2v) is 4.57. The molecular weight excluding hydrogens is 220 g/mol. The Hall–Kier alpha value is -1.89. The largest absolute Gasteiger partial charge is 0.369 e. The van der Waals surface area contributed by atoms with Crippen molar-refractivity contribution in [1.82, 2.24) is 19.9 Å². The number of aromatic amines is 2. The van der Waals surface area contributed by atoms with E-state index in [1.165, 1.54) is 0 Å². The van der Waals surface area contributed by atoms with Crippen LogP contribution in [0.5, 0.6) is 0 Å². The molecule has 2 heterocycles. The molecule has 0 aliphatic heterocycles. The SMILES string of the molecule is NCC1(c2nc3nc(N)[nH]c(=O)c3[nH]2)CCC1. The number of imidazole rings is 1. The maximum Gasteiger partial charge on any atom is 0.278 e. The van der Waals surface area contributed by atoms with Gasteiger partial charge in [0.15, 0.2) is 11.2 Å². The Labute approximate surface area is 96.6 Å². The Morgan fingerprint density at radius 3 is 2.65 bits per heavy atom. The zero-order chi connectivity index (χ0) is 12.0. The summed E-state index contributed by atoms with van der Waals surface area (Å²) in [5.74, 6) is 0.834. The fourth-order valence-electron chi connectivity index (χ4n) is 2.32. The molecule has 0 amide bonds. The lowest BCUT2D eigenvalue weighted by molar-refractivity contribution is 0.240. The van der Waals surface area contributed by atoms with Crippen LogP contribution in [0, 0.1) is 0 Å². The molecule has 1 aliphatic rings. The summed E-state index contributed by atoms with van der Waals surface area (Å²) in [5.41, 5.74) is 11.6. The molecule has 3 rings (SSSR count). The van der Waals surface area contributed by atoms with E-state index in [1.54, 1.807) is 0 Å². The van der Waals surface area contributed by atoms with Crippen LogP contribution < -0.4 is 17.0 Å². The molecule has 0 saturated heterocycles. The van der Waals surface area contributed by atoms with Crippen molar-refractivity contribution >= 4 is 17.1 Å². The molecule has 0 atom stereocenters. The summed E-state index contributed by atoms with van der Waals surface area (Å²) in [6.07, 6.45) is 3.13. The van der Waals surface area contributed by atoms with E-state index in [9.17, 15) is 4.79 Å². The van der Waals surface area contributed by atoms with Crippen LogP contribution in [0.1, 0.15) is 25.1 Å². The number of nitrogens with two attached hydrogens (primary N) is 2. The van der Waals surface area contributed by atoms with Crippen molar-refractivity contribution in [2.45, 2.75) is 24.7 Å². The van der Waals surface area contributed by atoms with Gasteiger partial charge >= 0.3 is 0 Å². The third-order valence-corrected chi connectivity index (χ3v) is 3.58. The first-order chi connectivity index (χ1) is 8.14. The molecule has 1 saturated carbocycles. The molecule has 0 unspecified atom stereocenters. The number of nitrogens with one attached hydrogen (secondary N) is 2. The third kappa shape index (κ3) is 1.35. The van der Waals surface area contributed by atoms with E-state index in [4.69, 9.17) is 11.5 Å². The molecule has 2 aromatic rings. The summed E-state index contributed by atoms with van der Waals surface area (Å²) in [6.45, 7) is 0.528. The van der Waals surface area contributed by atoms with Crippen molar-refractivity contribution in [3.05, 3.63) is 16.2 Å². The number of rotatable bonds is 2. The molecule has 6 N–H and O–H groups in total. The number of aromatic nitrogens is 4. The highest BCUT2D eigenvalue weighted by Crippen LogP contribution is 2.41. The molecule has 0 spiro atoms. The number of hydrogen-bond donors (Lipinski definition) is 4. The lowest BCUT2D eigenvalue weighted by Crippen LogP contribution is -2.42. The summed E-state index contributed by atoms with van der Waals surface area (Å²) < 4.78 is 0. The van der Waals surface area contributed by atoms with Crippen LogP contribution in [0.2, 0.25) is 0 Å². The predicted molar refractivity (Wildman–Crippen MR) is 63.5 cm³/mol. The Bertz CT molecular complexity index is 618. The summed E-state index contributed by atoms with van der Waals surface area (Å²) in [7, 11) is 0. The lowest BCUT2D eigenvalue weighted by Gasteiger charge is -2.38. The molecule has 7 nitrogen and oxygen atoms in total. The lowest BCUT2D eigenvalue weighted by atomic mass is 9.68. The van der Waals surface area contributed by atoms with Gasteiger partial charge in [0.2, 0.25) is 5.95 Å². The summed E-state index contributed by atoms with van der Waals surface area (Å²) >= 11 is 0. The summed E-state index contributed by atoms with van der Waals surface area (Å²) in [4.78, 5) is 25.5. The number of H-pyrrole nitrogens is 2. The second-order valence-electron chi connectivity index (χ2n) is 4.57. The Kier molecular flexibility index (Phi) is 1.99. The molecule has 0 aromatic carbocycles. The molecule has 0 bridgehead atoms. The minimum absolute atomic E-state index is 0.0796. The Balaban J connectivity index is 2.20. The molecule has 1 fully saturated rings. The Morgan fingerprint density at radius 2 is 2.06 bits per heavy atom. The van der Waals surface area contributed by atoms with E-state index >= 15 is 0 Å². The first-order valence-electron chi connectivity index (χ1n) is 5.61. The van der Waals surface area contributed by atoms with Gasteiger partial charge in [-0.25, -0.2) is 4.98 Å². The van der Waals surface area contributed by atoms with Crippen molar-refractivity contribution in [2.24, 2.45) is 5.73 Å². The zero-order valence-corrected chi connectivity index (χ0v) is 9.29. The van der Waals surface area contributed by atoms with Gasteiger partial charge in [-0.15, -0.1) is 0 Å². The topological polar surface area (TPSA) is 126 Å². The van der Waals surface area contributed by atoms with E-state index in [1.807, 2.05) is 0 Å². The van der Waals surface area contributed by atoms with Crippen molar-refractivity contribution in [3.8, 4) is 0 Å². The van der Waals surface area contributed by atoms with Crippen LogP contribution in [0.25, 0.3) is 11.2 Å². The average molecular weight is 234 g/mol. The average Bonchev–Trinajstić information content (AvgIpc) is 2.61. The van der Waals surface area contributed by atoms with Crippen LogP contribution in [-0.2, 0) is 5.41 Å². The minimum Gasteiger partial charge on any atom is -0.369 e. The molecule has 17 heavy (non-hydrogen) atoms. The van der Waals surface area contributed by atoms with Gasteiger partial charge in [0.1, 0.15) is 5.82 Å². The Morgan fingerprint density at radius 1 is 1.29 bits per heavy atom. The fourth-order valence-corrected chi connectivity index (χ4v) is 2.32. The highest BCUT2D eigenvalue weighted by atomic mass is 16.1. The van der Waals surface area contributed by atoms with Gasteiger partial charge in [0.05, 0.1) is 0 Å². The van der Waals surface area contributed by atoms with Gasteiger partial charge in [0, 0.05) is 12.0 Å². The van der Waals surface area contributed by atoms with E-state index < -0.39 is 0 Å². The van der Waals surface area contributed by atoms with Crippen molar-refractivity contribution in [3.63, 3.8) is 0 Å². The molecule has 90 valence electrons. The van der Waals surface area contributed by atoms with Crippen LogP contribution in [0.15, 0.2) is 4.79 Å². The predicted octanol–water partition coefficient (Wildman–Crippen LogP) is -0.391. The number of fused-ring (bicyclic) bond motifs is 1. The van der Waals surface area contributed by atoms with Gasteiger partial charge < -0.3 is 16.5 Å². The van der Waals surface area contributed by atoms with Gasteiger partial charge in [-0.2, -0.15) is 4.98 Å². The van der Waals surface area contributed by atoms with Gasteiger partial charge in [-0.05, 0) is 12.8 Å². The van der Waals surface area contributed by atoms with Crippen LogP contribution in [-0.4, -0.2) is 26.5 Å². The van der Waals surface area contributed by atoms with E-state index in [2.05, 4.69) is 19.9 Å². The fraction of sp³-hybridized carbons (Fsp3) is 0.500. The van der Waals surface area contributed by atoms with Crippen molar-refractivity contribution < 1.29 is 0 Å². The van der Waals surface area contributed by atoms with Gasteiger partial charge in [-0.1, -0.05) is 6.42 Å². The number of anilines is 1. The van der Waals surface area contributed by atoms with Crippen LogP contribution in [0.4, 0.5) is 5.95 Å². The van der Waals surface area contributed by atoms with E-state index in [0.717, 1.165) is 25.1 Å². The molecule has 0 radical (unpaired) electrons. The third-order valence-electron chi connectivity index (χ3n) is 3.58. The van der Waals surface area contributed by atoms with E-state index in [-0.39, 0.29) is 16.9 Å². The molecular formula is C10H14N6O. The van der Waals surface area contributed by atoms with Crippen molar-refractivity contribution in [2.75, 3.05) is 12.3 Å². The van der Waals surface area contributed by atoms with Gasteiger partial charge in [-0.3, -0.25) is 9.78 Å². The van der Waals surface area contributed by atoms with Crippen molar-refractivity contribution in [1.29, 1.82) is 0 Å². The van der Waals surface area contributed by atoms with Crippen LogP contribution in [0.3, 0.4) is 0 Å². The summed E-state index contributed by atoms with van der Waals surface area (Å²) in [6, 6.07) is 0. The molecule has 2 aromatic heterocycles. The number of nitrogen functional groups attached to an aromatic ring is 1. The smallest absolute Gasteiger partial charge is 0.278 e. The highest BCUT2D eigenvalue weighted by Gasteiger charge is 2.40. The molecule has 1 aliphatic carbocycles. The molecule has 7 heteroatoms. The first kappa shape index (κ1) is 10.3. The normalized spacial score (nSPS) is 18.2. The maximum absolute atomic E-state index is 11.7.